The fraction of sp³-hybridized carbons (Fsp3) is 0.538. The van der Waals surface area contributed by atoms with Gasteiger partial charge in [-0.3, -0.25) is 0 Å². The molecule has 0 aliphatic carbocycles. The Bertz CT molecular complexity index is 432. The standard InChI is InChI=1S/C13H20F2N4O.HI/c1-2-3-7-17-13(16)18-8-10-5-4-6-12(19-10)20-9-11(14)15;/h4-6,11H,2-3,7-9H2,1H3,(H3,16,17,18);1H. The van der Waals surface area contributed by atoms with Crippen LogP contribution in [0.25, 0.3) is 0 Å². The quantitative estimate of drug-likeness (QED) is 0.297. The van der Waals surface area contributed by atoms with Gasteiger partial charge in [0.2, 0.25) is 5.88 Å². The third-order valence-electron chi connectivity index (χ3n) is 2.39. The van der Waals surface area contributed by atoms with E-state index in [-0.39, 0.29) is 36.4 Å². The lowest BCUT2D eigenvalue weighted by atomic mass is 10.3. The van der Waals surface area contributed by atoms with E-state index in [1.807, 2.05) is 0 Å². The monoisotopic (exact) mass is 414 g/mol. The predicted octanol–water partition coefficient (Wildman–Crippen LogP) is 2.55. The molecule has 8 heteroatoms. The number of aliphatic imine (C=N–C) groups is 1. The Balaban J connectivity index is 0.00000400. The van der Waals surface area contributed by atoms with Gasteiger partial charge in [0.25, 0.3) is 6.43 Å². The number of hydrogen-bond donors (Lipinski definition) is 2. The number of halogens is 3. The van der Waals surface area contributed by atoms with Gasteiger partial charge in [0.05, 0.1) is 12.2 Å². The maximum atomic E-state index is 12.0. The van der Waals surface area contributed by atoms with Crippen molar-refractivity contribution in [1.29, 1.82) is 0 Å². The van der Waals surface area contributed by atoms with Crippen molar-refractivity contribution in [2.24, 2.45) is 10.7 Å². The van der Waals surface area contributed by atoms with Crippen LogP contribution in [0.15, 0.2) is 23.2 Å². The van der Waals surface area contributed by atoms with E-state index in [1.54, 1.807) is 12.1 Å². The van der Waals surface area contributed by atoms with E-state index < -0.39 is 13.0 Å². The summed E-state index contributed by atoms with van der Waals surface area (Å²) in [6.07, 6.45) is -0.423. The summed E-state index contributed by atoms with van der Waals surface area (Å²) in [6.45, 7) is 2.47. The van der Waals surface area contributed by atoms with Gasteiger partial charge in [0.15, 0.2) is 12.6 Å². The predicted molar refractivity (Wildman–Crippen MR) is 89.4 cm³/mol. The van der Waals surface area contributed by atoms with Crippen LogP contribution in [-0.2, 0) is 6.54 Å². The van der Waals surface area contributed by atoms with Gasteiger partial charge in [-0.25, -0.2) is 18.8 Å². The number of nitrogens with two attached hydrogens (primary N) is 1. The van der Waals surface area contributed by atoms with Crippen LogP contribution in [0.5, 0.6) is 5.88 Å². The summed E-state index contributed by atoms with van der Waals surface area (Å²) in [6, 6.07) is 4.94. The largest absolute Gasteiger partial charge is 0.472 e. The van der Waals surface area contributed by atoms with Gasteiger partial charge in [-0.1, -0.05) is 19.4 Å². The van der Waals surface area contributed by atoms with Crippen molar-refractivity contribution in [3.8, 4) is 5.88 Å². The highest BCUT2D eigenvalue weighted by Crippen LogP contribution is 2.09. The van der Waals surface area contributed by atoms with E-state index in [0.717, 1.165) is 19.4 Å². The second-order valence-electron chi connectivity index (χ2n) is 4.15. The second-order valence-corrected chi connectivity index (χ2v) is 4.15. The van der Waals surface area contributed by atoms with Crippen LogP contribution in [0.1, 0.15) is 25.5 Å². The van der Waals surface area contributed by atoms with Crippen LogP contribution in [0, 0.1) is 0 Å². The van der Waals surface area contributed by atoms with Crippen LogP contribution in [-0.4, -0.2) is 30.5 Å². The van der Waals surface area contributed by atoms with Gasteiger partial charge in [0.1, 0.15) is 0 Å². The fourth-order valence-electron chi connectivity index (χ4n) is 1.39. The first-order chi connectivity index (χ1) is 9.61. The van der Waals surface area contributed by atoms with Crippen molar-refractivity contribution in [1.82, 2.24) is 10.3 Å². The maximum absolute atomic E-state index is 12.0. The molecule has 0 fully saturated rings. The smallest absolute Gasteiger partial charge is 0.272 e. The lowest BCUT2D eigenvalue weighted by Crippen LogP contribution is -2.32. The van der Waals surface area contributed by atoms with E-state index in [2.05, 4.69) is 22.2 Å². The first-order valence-corrected chi connectivity index (χ1v) is 6.52. The third-order valence-corrected chi connectivity index (χ3v) is 2.39. The molecule has 0 atom stereocenters. The first kappa shape index (κ1) is 19.8. The Morgan fingerprint density at radius 3 is 2.90 bits per heavy atom. The van der Waals surface area contributed by atoms with Gasteiger partial charge >= 0.3 is 0 Å². The molecule has 0 bridgehead atoms. The molecule has 0 radical (unpaired) electrons. The minimum absolute atomic E-state index is 0. The molecule has 21 heavy (non-hydrogen) atoms. The Kier molecular flexibility index (Phi) is 10.8. The van der Waals surface area contributed by atoms with Crippen LogP contribution in [0.3, 0.4) is 0 Å². The summed E-state index contributed by atoms with van der Waals surface area (Å²) >= 11 is 0. The molecule has 0 amide bonds. The molecule has 5 nitrogen and oxygen atoms in total. The fourth-order valence-corrected chi connectivity index (χ4v) is 1.39. The van der Waals surface area contributed by atoms with Crippen molar-refractivity contribution < 1.29 is 13.5 Å². The molecule has 0 unspecified atom stereocenters. The second kappa shape index (κ2) is 11.5. The Hall–Kier alpha value is -1.19. The lowest BCUT2D eigenvalue weighted by Gasteiger charge is -2.06. The average Bonchev–Trinajstić information content (AvgIpc) is 2.44. The molecule has 120 valence electrons. The molecule has 1 aromatic heterocycles. The number of hydrogen-bond acceptors (Lipinski definition) is 3. The van der Waals surface area contributed by atoms with Crippen LogP contribution < -0.4 is 15.8 Å². The van der Waals surface area contributed by atoms with Crippen molar-refractivity contribution in [2.45, 2.75) is 32.7 Å². The number of ether oxygens (including phenoxy) is 1. The first-order valence-electron chi connectivity index (χ1n) is 6.52. The molecular weight excluding hydrogens is 393 g/mol. The minimum Gasteiger partial charge on any atom is -0.472 e. The minimum atomic E-state index is -2.52. The van der Waals surface area contributed by atoms with Crippen molar-refractivity contribution >= 4 is 29.9 Å². The third kappa shape index (κ3) is 9.38. The number of nitrogens with one attached hydrogen (secondary N) is 1. The molecule has 1 heterocycles. The Labute approximate surface area is 140 Å². The molecule has 0 saturated carbocycles. The van der Waals surface area contributed by atoms with E-state index in [0.29, 0.717) is 11.7 Å². The highest BCUT2D eigenvalue weighted by atomic mass is 127. The number of alkyl halides is 2. The summed E-state index contributed by atoms with van der Waals surface area (Å²) in [5.41, 5.74) is 6.29. The number of aromatic nitrogens is 1. The molecule has 0 spiro atoms. The highest BCUT2D eigenvalue weighted by Gasteiger charge is 2.04. The van der Waals surface area contributed by atoms with Crippen molar-refractivity contribution in [2.75, 3.05) is 13.2 Å². The van der Waals surface area contributed by atoms with E-state index in [1.165, 1.54) is 6.07 Å². The average molecular weight is 414 g/mol. The molecule has 0 saturated heterocycles. The van der Waals surface area contributed by atoms with E-state index in [4.69, 9.17) is 10.5 Å². The zero-order valence-corrected chi connectivity index (χ0v) is 14.2. The zero-order valence-electron chi connectivity index (χ0n) is 11.9. The van der Waals surface area contributed by atoms with Gasteiger partial charge in [-0.05, 0) is 12.5 Å². The summed E-state index contributed by atoms with van der Waals surface area (Å²) in [4.78, 5) is 8.19. The maximum Gasteiger partial charge on any atom is 0.272 e. The summed E-state index contributed by atoms with van der Waals surface area (Å²) < 4.78 is 28.9. The SMILES string of the molecule is CCCCNC(N)=NCc1cccc(OCC(F)F)n1.I. The number of pyridine rings is 1. The Morgan fingerprint density at radius 1 is 1.48 bits per heavy atom. The van der Waals surface area contributed by atoms with Crippen molar-refractivity contribution in [3.63, 3.8) is 0 Å². The van der Waals surface area contributed by atoms with Crippen LogP contribution >= 0.6 is 24.0 Å². The molecule has 0 aliphatic rings. The number of rotatable bonds is 8. The van der Waals surface area contributed by atoms with Gasteiger partial charge in [-0.2, -0.15) is 0 Å². The normalized spacial score (nSPS) is 11.1. The summed E-state index contributed by atoms with van der Waals surface area (Å²) in [5, 5.41) is 2.98. The molecule has 0 aliphatic heterocycles. The molecule has 1 rings (SSSR count). The summed E-state index contributed by atoms with van der Waals surface area (Å²) in [7, 11) is 0. The highest BCUT2D eigenvalue weighted by molar-refractivity contribution is 14.0. The van der Waals surface area contributed by atoms with E-state index in [9.17, 15) is 8.78 Å². The molecule has 0 aromatic carbocycles. The topological polar surface area (TPSA) is 72.5 Å². The number of unbranched alkanes of at least 4 members (excludes halogenated alkanes) is 1. The van der Waals surface area contributed by atoms with Gasteiger partial charge in [-0.15, -0.1) is 24.0 Å². The zero-order chi connectivity index (χ0) is 14.8. The summed E-state index contributed by atoms with van der Waals surface area (Å²) in [5.74, 6) is 0.509. The Morgan fingerprint density at radius 2 is 2.24 bits per heavy atom. The van der Waals surface area contributed by atoms with Crippen LogP contribution in [0.4, 0.5) is 8.78 Å². The molecule has 3 N–H and O–H groups in total. The number of guanidine groups is 1. The molecule has 1 aromatic rings. The van der Waals surface area contributed by atoms with Gasteiger partial charge < -0.3 is 15.8 Å². The van der Waals surface area contributed by atoms with Gasteiger partial charge in [0, 0.05) is 12.6 Å². The lowest BCUT2D eigenvalue weighted by molar-refractivity contribution is 0.0795. The molecular formula is C13H21F2IN4O. The van der Waals surface area contributed by atoms with Crippen LogP contribution in [0.2, 0.25) is 0 Å². The van der Waals surface area contributed by atoms with E-state index >= 15 is 0 Å². The number of nitrogens with zero attached hydrogens (tertiary/aromatic N) is 2. The van der Waals surface area contributed by atoms with Crippen molar-refractivity contribution in [3.05, 3.63) is 23.9 Å².